The Bertz CT molecular complexity index is 846. The molecule has 0 heterocycles. The minimum atomic E-state index is -0.750. The molecule has 2 aromatic rings. The number of carbonyl (C=O) groups is 3. The Hall–Kier alpha value is -3.35. The SMILES string of the molecule is CCCOC(=O)c1ccc(C(=O)OCCC)c(C(=O)OCCOc2ccccc2)c1. The van der Waals surface area contributed by atoms with Crippen LogP contribution in [-0.4, -0.2) is 44.3 Å². The predicted octanol–water partition coefficient (Wildman–Crippen LogP) is 4.06. The van der Waals surface area contributed by atoms with E-state index in [4.69, 9.17) is 18.9 Å². The summed E-state index contributed by atoms with van der Waals surface area (Å²) in [5, 5.41) is 0. The van der Waals surface area contributed by atoms with Crippen LogP contribution in [0.5, 0.6) is 5.75 Å². The van der Waals surface area contributed by atoms with Crippen molar-refractivity contribution in [2.45, 2.75) is 26.7 Å². The molecule has 0 radical (unpaired) electrons. The molecule has 0 aliphatic heterocycles. The highest BCUT2D eigenvalue weighted by Gasteiger charge is 2.22. The number of hydrogen-bond donors (Lipinski definition) is 0. The molecule has 0 bridgehead atoms. The molecule has 7 nitrogen and oxygen atoms in total. The molecule has 0 N–H and O–H groups in total. The molecule has 2 aromatic carbocycles. The Morgan fingerprint density at radius 1 is 0.667 bits per heavy atom. The summed E-state index contributed by atoms with van der Waals surface area (Å²) in [6.07, 6.45) is 1.31. The van der Waals surface area contributed by atoms with Gasteiger partial charge in [-0.15, -0.1) is 0 Å². The number of benzene rings is 2. The molecule has 0 fully saturated rings. The summed E-state index contributed by atoms with van der Waals surface area (Å²) in [6, 6.07) is 13.2. The molecule has 0 unspecified atom stereocenters. The van der Waals surface area contributed by atoms with Crippen LogP contribution in [0.1, 0.15) is 57.8 Å². The van der Waals surface area contributed by atoms with Crippen LogP contribution in [0, 0.1) is 0 Å². The lowest BCUT2D eigenvalue weighted by molar-refractivity contribution is 0.0423. The summed E-state index contributed by atoms with van der Waals surface area (Å²) in [4.78, 5) is 37.1. The maximum absolute atomic E-state index is 12.6. The van der Waals surface area contributed by atoms with Crippen molar-refractivity contribution in [1.82, 2.24) is 0 Å². The van der Waals surface area contributed by atoms with Crippen molar-refractivity contribution >= 4 is 17.9 Å². The van der Waals surface area contributed by atoms with Gasteiger partial charge in [0.1, 0.15) is 19.0 Å². The van der Waals surface area contributed by atoms with Gasteiger partial charge in [-0.1, -0.05) is 32.0 Å². The third-order valence-electron chi connectivity index (χ3n) is 3.90. The van der Waals surface area contributed by atoms with Crippen molar-refractivity contribution in [3.63, 3.8) is 0 Å². The summed E-state index contributed by atoms with van der Waals surface area (Å²) in [5.74, 6) is -1.33. The van der Waals surface area contributed by atoms with Gasteiger partial charge in [-0.2, -0.15) is 0 Å². The number of ether oxygens (including phenoxy) is 4. The Morgan fingerprint density at radius 2 is 1.27 bits per heavy atom. The van der Waals surface area contributed by atoms with E-state index < -0.39 is 17.9 Å². The lowest BCUT2D eigenvalue weighted by Crippen LogP contribution is -2.18. The Labute approximate surface area is 175 Å². The van der Waals surface area contributed by atoms with Crippen molar-refractivity contribution in [3.05, 3.63) is 65.2 Å². The third kappa shape index (κ3) is 6.92. The average Bonchev–Trinajstić information content (AvgIpc) is 2.78. The highest BCUT2D eigenvalue weighted by Crippen LogP contribution is 2.17. The second-order valence-corrected chi connectivity index (χ2v) is 6.33. The second kappa shape index (κ2) is 12.3. The van der Waals surface area contributed by atoms with Gasteiger partial charge in [0.25, 0.3) is 0 Å². The zero-order chi connectivity index (χ0) is 21.8. The number of para-hydroxylation sites is 1. The smallest absolute Gasteiger partial charge is 0.339 e. The van der Waals surface area contributed by atoms with Gasteiger partial charge in [0.05, 0.1) is 29.9 Å². The molecular formula is C23H26O7. The quantitative estimate of drug-likeness (QED) is 0.311. The van der Waals surface area contributed by atoms with Crippen molar-refractivity contribution < 1.29 is 33.3 Å². The lowest BCUT2D eigenvalue weighted by atomic mass is 10.0. The molecule has 0 spiro atoms. The first-order chi connectivity index (χ1) is 14.6. The van der Waals surface area contributed by atoms with Crippen molar-refractivity contribution in [3.8, 4) is 5.75 Å². The molecule has 0 atom stereocenters. The topological polar surface area (TPSA) is 88.1 Å². The number of esters is 3. The first-order valence-corrected chi connectivity index (χ1v) is 9.90. The molecule has 160 valence electrons. The fourth-order valence-corrected chi connectivity index (χ4v) is 2.46. The molecule has 2 rings (SSSR count). The van der Waals surface area contributed by atoms with E-state index in [0.29, 0.717) is 18.6 Å². The molecule has 0 aliphatic carbocycles. The lowest BCUT2D eigenvalue weighted by Gasteiger charge is -2.12. The molecule has 0 saturated heterocycles. The van der Waals surface area contributed by atoms with E-state index in [0.717, 1.165) is 0 Å². The zero-order valence-electron chi connectivity index (χ0n) is 17.2. The first-order valence-electron chi connectivity index (χ1n) is 9.90. The summed E-state index contributed by atoms with van der Waals surface area (Å²) in [6.45, 7) is 4.34. The van der Waals surface area contributed by atoms with E-state index in [1.165, 1.54) is 18.2 Å². The van der Waals surface area contributed by atoms with Crippen LogP contribution in [0.25, 0.3) is 0 Å². The summed E-state index contributed by atoms with van der Waals surface area (Å²) in [7, 11) is 0. The summed E-state index contributed by atoms with van der Waals surface area (Å²) >= 11 is 0. The van der Waals surface area contributed by atoms with Crippen molar-refractivity contribution in [2.24, 2.45) is 0 Å². The highest BCUT2D eigenvalue weighted by molar-refractivity contribution is 6.05. The summed E-state index contributed by atoms with van der Waals surface area (Å²) in [5.41, 5.74) is 0.134. The van der Waals surface area contributed by atoms with Gasteiger partial charge >= 0.3 is 17.9 Å². The number of carbonyl (C=O) groups excluding carboxylic acids is 3. The minimum absolute atomic E-state index is 0.0261. The Balaban J connectivity index is 2.10. The van der Waals surface area contributed by atoms with Crippen LogP contribution < -0.4 is 4.74 Å². The average molecular weight is 414 g/mol. The molecule has 0 aromatic heterocycles. The molecular weight excluding hydrogens is 388 g/mol. The number of rotatable bonds is 11. The van der Waals surface area contributed by atoms with Crippen LogP contribution in [0.15, 0.2) is 48.5 Å². The predicted molar refractivity (Wildman–Crippen MR) is 110 cm³/mol. The maximum Gasteiger partial charge on any atom is 0.339 e. The van der Waals surface area contributed by atoms with Crippen LogP contribution >= 0.6 is 0 Å². The first kappa shape index (κ1) is 22.9. The van der Waals surface area contributed by atoms with Crippen molar-refractivity contribution in [1.29, 1.82) is 0 Å². The van der Waals surface area contributed by atoms with Crippen LogP contribution in [0.2, 0.25) is 0 Å². The van der Waals surface area contributed by atoms with E-state index in [9.17, 15) is 14.4 Å². The zero-order valence-corrected chi connectivity index (χ0v) is 17.2. The van der Waals surface area contributed by atoms with Crippen LogP contribution in [0.4, 0.5) is 0 Å². The number of hydrogen-bond acceptors (Lipinski definition) is 7. The van der Waals surface area contributed by atoms with Gasteiger partial charge in [-0.25, -0.2) is 14.4 Å². The maximum atomic E-state index is 12.6. The van der Waals surface area contributed by atoms with E-state index in [1.807, 2.05) is 32.0 Å². The van der Waals surface area contributed by atoms with E-state index in [2.05, 4.69) is 0 Å². The van der Waals surface area contributed by atoms with Crippen LogP contribution in [0.3, 0.4) is 0 Å². The van der Waals surface area contributed by atoms with Gasteiger partial charge in [-0.3, -0.25) is 0 Å². The standard InChI is InChI=1S/C23H26O7/c1-3-12-28-21(24)17-10-11-19(22(25)29-13-4-2)20(16-17)23(26)30-15-14-27-18-8-6-5-7-9-18/h5-11,16H,3-4,12-15H2,1-2H3. The molecule has 0 aliphatic rings. The van der Waals surface area contributed by atoms with Crippen molar-refractivity contribution in [2.75, 3.05) is 26.4 Å². The Kier molecular flexibility index (Phi) is 9.37. The molecule has 7 heteroatoms. The van der Waals surface area contributed by atoms with Gasteiger partial charge < -0.3 is 18.9 Å². The van der Waals surface area contributed by atoms with E-state index in [1.54, 1.807) is 12.1 Å². The fourth-order valence-electron chi connectivity index (χ4n) is 2.46. The van der Waals surface area contributed by atoms with Gasteiger partial charge in [0, 0.05) is 0 Å². The molecule has 30 heavy (non-hydrogen) atoms. The van der Waals surface area contributed by atoms with E-state index >= 15 is 0 Å². The monoisotopic (exact) mass is 414 g/mol. The third-order valence-corrected chi connectivity index (χ3v) is 3.90. The van der Waals surface area contributed by atoms with Gasteiger partial charge in [0.2, 0.25) is 0 Å². The van der Waals surface area contributed by atoms with E-state index in [-0.39, 0.29) is 43.1 Å². The molecule has 0 amide bonds. The highest BCUT2D eigenvalue weighted by atomic mass is 16.6. The second-order valence-electron chi connectivity index (χ2n) is 6.33. The molecule has 0 saturated carbocycles. The Morgan fingerprint density at radius 3 is 1.93 bits per heavy atom. The fraction of sp³-hybridized carbons (Fsp3) is 0.348. The van der Waals surface area contributed by atoms with Gasteiger partial charge in [0.15, 0.2) is 0 Å². The minimum Gasteiger partial charge on any atom is -0.490 e. The largest absolute Gasteiger partial charge is 0.490 e. The normalized spacial score (nSPS) is 10.2. The van der Waals surface area contributed by atoms with Gasteiger partial charge in [-0.05, 0) is 43.2 Å². The van der Waals surface area contributed by atoms with Crippen LogP contribution in [-0.2, 0) is 14.2 Å². The summed E-state index contributed by atoms with van der Waals surface area (Å²) < 4.78 is 21.0.